The Labute approximate surface area is 247 Å². The summed E-state index contributed by atoms with van der Waals surface area (Å²) < 4.78 is 13.4. The first-order chi connectivity index (χ1) is 20.4. The van der Waals surface area contributed by atoms with Crippen LogP contribution in [0.2, 0.25) is 0 Å². The number of nitro groups is 1. The lowest BCUT2D eigenvalue weighted by atomic mass is 9.97. The molecule has 1 unspecified atom stereocenters. The summed E-state index contributed by atoms with van der Waals surface area (Å²) in [4.78, 5) is 44.1. The van der Waals surface area contributed by atoms with Gasteiger partial charge in [-0.05, 0) is 49.1 Å². The lowest BCUT2D eigenvalue weighted by molar-refractivity contribution is -0.384. The molecule has 0 aliphatic carbocycles. The molecule has 9 nitrogen and oxygen atoms in total. The number of carbonyl (C=O) groups is 1. The zero-order chi connectivity index (χ0) is 29.4. The van der Waals surface area contributed by atoms with E-state index in [9.17, 15) is 19.7 Å². The van der Waals surface area contributed by atoms with Crippen molar-refractivity contribution < 1.29 is 18.9 Å². The molecular formula is C31H23N3O6S2. The molecule has 0 N–H and O–H groups in total. The first kappa shape index (κ1) is 27.3. The summed E-state index contributed by atoms with van der Waals surface area (Å²) >= 11 is 2.66. The van der Waals surface area contributed by atoms with Crippen LogP contribution in [-0.4, -0.2) is 22.1 Å². The van der Waals surface area contributed by atoms with Gasteiger partial charge in [-0.25, -0.2) is 9.79 Å². The van der Waals surface area contributed by atoms with Crippen LogP contribution in [0.4, 0.5) is 5.69 Å². The molecule has 0 fully saturated rings. The number of carbonyl (C=O) groups excluding carboxylic acids is 1. The molecule has 11 heteroatoms. The summed E-state index contributed by atoms with van der Waals surface area (Å²) in [5, 5.41) is 13.0. The number of esters is 1. The third-order valence-electron chi connectivity index (χ3n) is 6.77. The van der Waals surface area contributed by atoms with Crippen LogP contribution in [0.1, 0.15) is 34.7 Å². The highest BCUT2D eigenvalue weighted by molar-refractivity contribution is 7.10. The van der Waals surface area contributed by atoms with Crippen LogP contribution in [0, 0.1) is 17.0 Å². The Bertz CT molecular complexity index is 2040. The normalized spacial score (nSPS) is 14.9. The van der Waals surface area contributed by atoms with Gasteiger partial charge in [-0.2, -0.15) is 0 Å². The van der Waals surface area contributed by atoms with Crippen molar-refractivity contribution in [3.63, 3.8) is 0 Å². The van der Waals surface area contributed by atoms with Crippen molar-refractivity contribution in [2.24, 2.45) is 4.99 Å². The van der Waals surface area contributed by atoms with Gasteiger partial charge in [0.1, 0.15) is 17.6 Å². The minimum absolute atomic E-state index is 0.00138. The predicted molar refractivity (Wildman–Crippen MR) is 161 cm³/mol. The molecule has 6 rings (SSSR count). The second-order valence-corrected chi connectivity index (χ2v) is 11.4. The number of aryl methyl sites for hydroxylation is 1. The van der Waals surface area contributed by atoms with Crippen LogP contribution in [0.5, 0.6) is 0 Å². The van der Waals surface area contributed by atoms with Crippen molar-refractivity contribution in [3.8, 4) is 11.3 Å². The Morgan fingerprint density at radius 1 is 1.14 bits per heavy atom. The quantitative estimate of drug-likeness (QED) is 0.139. The van der Waals surface area contributed by atoms with Crippen LogP contribution in [0.25, 0.3) is 23.1 Å². The molecule has 0 radical (unpaired) electrons. The molecule has 1 atom stereocenters. The average molecular weight is 598 g/mol. The van der Waals surface area contributed by atoms with Crippen molar-refractivity contribution in [1.82, 2.24) is 4.57 Å². The van der Waals surface area contributed by atoms with Gasteiger partial charge >= 0.3 is 5.97 Å². The van der Waals surface area contributed by atoms with E-state index < -0.39 is 16.9 Å². The highest BCUT2D eigenvalue weighted by Crippen LogP contribution is 2.37. The Morgan fingerprint density at radius 2 is 1.95 bits per heavy atom. The van der Waals surface area contributed by atoms with Gasteiger partial charge < -0.3 is 9.15 Å². The van der Waals surface area contributed by atoms with E-state index in [1.807, 2.05) is 47.8 Å². The number of furan rings is 1. The Balaban J connectivity index is 1.50. The minimum Gasteiger partial charge on any atom is -0.463 e. The summed E-state index contributed by atoms with van der Waals surface area (Å²) in [7, 11) is 0. The number of nitro benzene ring substituents is 1. The van der Waals surface area contributed by atoms with Gasteiger partial charge in [0.05, 0.1) is 27.3 Å². The Hall–Kier alpha value is -4.87. The average Bonchev–Trinajstić information content (AvgIpc) is 3.74. The van der Waals surface area contributed by atoms with Gasteiger partial charge in [-0.15, -0.1) is 11.3 Å². The number of hydrogen-bond donors (Lipinski definition) is 0. The van der Waals surface area contributed by atoms with Gasteiger partial charge in [0.15, 0.2) is 4.80 Å². The zero-order valence-electron chi connectivity index (χ0n) is 22.5. The summed E-state index contributed by atoms with van der Waals surface area (Å²) in [5.74, 6) is 0.435. The fourth-order valence-corrected chi connectivity index (χ4v) is 6.70. The van der Waals surface area contributed by atoms with Gasteiger partial charge in [0, 0.05) is 34.2 Å². The highest BCUT2D eigenvalue weighted by atomic mass is 32.1. The Kier molecular flexibility index (Phi) is 7.27. The lowest BCUT2D eigenvalue weighted by Gasteiger charge is -2.24. The van der Waals surface area contributed by atoms with Gasteiger partial charge in [0.2, 0.25) is 0 Å². The summed E-state index contributed by atoms with van der Waals surface area (Å²) in [6.07, 6.45) is 1.65. The molecule has 42 heavy (non-hydrogen) atoms. The van der Waals surface area contributed by atoms with Gasteiger partial charge in [-0.1, -0.05) is 47.7 Å². The standard InChI is InChI=1S/C31H23N3O6S2/c1-3-39-30(36)26-27(19-8-5-4-6-9-19)32-31-33(28(26)24-10-7-15-41-24)29(35)25(42-31)17-21-12-14-23(40-21)22-13-11-20(34(37)38)16-18(22)2/h4-17,28H,3H2,1-2H3. The van der Waals surface area contributed by atoms with E-state index in [1.54, 1.807) is 42.7 Å². The summed E-state index contributed by atoms with van der Waals surface area (Å²) in [6, 6.07) is 20.5. The molecular weight excluding hydrogens is 574 g/mol. The Morgan fingerprint density at radius 3 is 2.64 bits per heavy atom. The molecule has 1 aliphatic rings. The topological polar surface area (TPSA) is 117 Å². The van der Waals surface area contributed by atoms with E-state index in [0.29, 0.717) is 43.3 Å². The first-order valence-electron chi connectivity index (χ1n) is 13.0. The molecule has 210 valence electrons. The molecule has 0 bridgehead atoms. The number of benzene rings is 2. The number of aromatic nitrogens is 1. The number of rotatable bonds is 7. The number of thiazole rings is 1. The van der Waals surface area contributed by atoms with Crippen LogP contribution in [0.3, 0.4) is 0 Å². The van der Waals surface area contributed by atoms with Crippen molar-refractivity contribution in [3.05, 3.63) is 135 Å². The van der Waals surface area contributed by atoms with E-state index in [0.717, 1.165) is 10.4 Å². The molecule has 0 spiro atoms. The summed E-state index contributed by atoms with van der Waals surface area (Å²) in [6.45, 7) is 3.70. The van der Waals surface area contributed by atoms with Gasteiger partial charge in [-0.3, -0.25) is 19.5 Å². The number of thiophene rings is 1. The largest absolute Gasteiger partial charge is 0.463 e. The maximum Gasteiger partial charge on any atom is 0.338 e. The van der Waals surface area contributed by atoms with Crippen molar-refractivity contribution >= 4 is 46.1 Å². The molecule has 5 aromatic rings. The summed E-state index contributed by atoms with van der Waals surface area (Å²) in [5.41, 5.74) is 2.62. The number of ether oxygens (including phenoxy) is 1. The van der Waals surface area contributed by atoms with Crippen molar-refractivity contribution in [1.29, 1.82) is 0 Å². The predicted octanol–water partition coefficient (Wildman–Crippen LogP) is 5.47. The zero-order valence-corrected chi connectivity index (χ0v) is 24.1. The number of fused-ring (bicyclic) bond motifs is 1. The molecule has 0 saturated carbocycles. The van der Waals surface area contributed by atoms with Gasteiger partial charge in [0.25, 0.3) is 11.2 Å². The molecule has 1 aliphatic heterocycles. The minimum atomic E-state index is -0.715. The third-order valence-corrected chi connectivity index (χ3v) is 8.68. The van der Waals surface area contributed by atoms with E-state index in [4.69, 9.17) is 14.1 Å². The molecule has 4 heterocycles. The maximum absolute atomic E-state index is 13.9. The second-order valence-electron chi connectivity index (χ2n) is 9.41. The van der Waals surface area contributed by atoms with E-state index >= 15 is 0 Å². The van der Waals surface area contributed by atoms with E-state index in [1.165, 1.54) is 34.8 Å². The first-order valence-corrected chi connectivity index (χ1v) is 14.7. The monoisotopic (exact) mass is 597 g/mol. The fraction of sp³-hybridized carbons (Fsp3) is 0.129. The smallest absolute Gasteiger partial charge is 0.338 e. The van der Waals surface area contributed by atoms with E-state index in [-0.39, 0.29) is 17.9 Å². The maximum atomic E-state index is 13.9. The number of nitrogens with zero attached hydrogens (tertiary/aromatic N) is 3. The van der Waals surface area contributed by atoms with E-state index in [2.05, 4.69) is 0 Å². The lowest BCUT2D eigenvalue weighted by Crippen LogP contribution is -2.39. The van der Waals surface area contributed by atoms with Crippen molar-refractivity contribution in [2.45, 2.75) is 19.9 Å². The number of hydrogen-bond acceptors (Lipinski definition) is 9. The van der Waals surface area contributed by atoms with Crippen LogP contribution in [0.15, 0.2) is 98.0 Å². The fourth-order valence-electron chi connectivity index (χ4n) is 4.90. The highest BCUT2D eigenvalue weighted by Gasteiger charge is 2.35. The molecule has 0 saturated heterocycles. The third kappa shape index (κ3) is 4.93. The molecule has 2 aromatic carbocycles. The second kappa shape index (κ2) is 11.2. The van der Waals surface area contributed by atoms with Crippen LogP contribution < -0.4 is 14.9 Å². The van der Waals surface area contributed by atoms with Crippen LogP contribution >= 0.6 is 22.7 Å². The SMILES string of the molecule is CCOC(=O)C1=C(c2ccccc2)N=c2sc(=Cc3ccc(-c4ccc([N+](=O)[O-])cc4C)o3)c(=O)n2C1c1cccs1. The molecule has 3 aromatic heterocycles. The van der Waals surface area contributed by atoms with Crippen LogP contribution in [-0.2, 0) is 9.53 Å². The van der Waals surface area contributed by atoms with Crippen molar-refractivity contribution in [2.75, 3.05) is 6.61 Å². The molecule has 0 amide bonds. The number of non-ortho nitro benzene ring substituents is 1.